The molecule has 2 unspecified atom stereocenters. The van der Waals surface area contributed by atoms with Gasteiger partial charge >= 0.3 is 0 Å². The number of rotatable bonds is 11. The molecule has 0 spiro atoms. The maximum absolute atomic E-state index is 13.9. The summed E-state index contributed by atoms with van der Waals surface area (Å²) in [6.45, 7) is 1.72. The summed E-state index contributed by atoms with van der Waals surface area (Å²) in [5, 5.41) is 17.4. The van der Waals surface area contributed by atoms with Crippen LogP contribution >= 0.6 is 0 Å². The van der Waals surface area contributed by atoms with E-state index in [1.54, 1.807) is 0 Å². The van der Waals surface area contributed by atoms with Crippen LogP contribution in [0, 0.1) is 23.2 Å². The van der Waals surface area contributed by atoms with Crippen molar-refractivity contribution in [3.8, 4) is 17.2 Å². The van der Waals surface area contributed by atoms with Gasteiger partial charge in [-0.3, -0.25) is 9.48 Å². The van der Waals surface area contributed by atoms with Crippen LogP contribution in [-0.4, -0.2) is 40.2 Å². The Balaban J connectivity index is 1.12. The molecule has 238 valence electrons. The molecule has 6 rings (SSSR count). The van der Waals surface area contributed by atoms with Gasteiger partial charge in [0.2, 0.25) is 5.91 Å². The highest BCUT2D eigenvalue weighted by Gasteiger charge is 2.33. The van der Waals surface area contributed by atoms with E-state index in [1.807, 2.05) is 48.4 Å². The summed E-state index contributed by atoms with van der Waals surface area (Å²) >= 11 is 0. The van der Waals surface area contributed by atoms with Gasteiger partial charge in [0.05, 0.1) is 23.7 Å². The minimum atomic E-state index is -0.178. The van der Waals surface area contributed by atoms with E-state index in [9.17, 15) is 10.1 Å². The minimum Gasteiger partial charge on any atom is -0.351 e. The Kier molecular flexibility index (Phi) is 10.3. The maximum Gasteiger partial charge on any atom is 0.228 e. The molecule has 1 aliphatic carbocycles. The molecule has 46 heavy (non-hydrogen) atoms. The Morgan fingerprint density at radius 2 is 1.74 bits per heavy atom. The molecule has 0 radical (unpaired) electrons. The van der Waals surface area contributed by atoms with Gasteiger partial charge < -0.3 is 10.2 Å². The summed E-state index contributed by atoms with van der Waals surface area (Å²) in [7, 11) is 4.16. The molecule has 0 bridgehead atoms. The Hall–Kier alpha value is -4.21. The Morgan fingerprint density at radius 3 is 2.41 bits per heavy atom. The zero-order chi connectivity index (χ0) is 31.9. The van der Waals surface area contributed by atoms with Gasteiger partial charge in [-0.05, 0) is 117 Å². The van der Waals surface area contributed by atoms with Crippen LogP contribution in [0.4, 0.5) is 0 Å². The molecule has 2 fully saturated rings. The summed E-state index contributed by atoms with van der Waals surface area (Å²) < 4.78 is 1.81. The molecule has 1 aliphatic heterocycles. The van der Waals surface area contributed by atoms with Crippen molar-refractivity contribution in [3.63, 3.8) is 0 Å². The molecule has 1 saturated carbocycles. The number of amides is 1. The third kappa shape index (κ3) is 7.77. The predicted octanol–water partition coefficient (Wildman–Crippen LogP) is 7.43. The lowest BCUT2D eigenvalue weighted by molar-refractivity contribution is -0.124. The van der Waals surface area contributed by atoms with E-state index in [-0.39, 0.29) is 11.8 Å². The van der Waals surface area contributed by atoms with Crippen molar-refractivity contribution in [1.82, 2.24) is 20.0 Å². The fourth-order valence-corrected chi connectivity index (χ4v) is 7.80. The first kappa shape index (κ1) is 31.8. The second-order valence-corrected chi connectivity index (χ2v) is 13.6. The van der Waals surface area contributed by atoms with Crippen LogP contribution in [0.2, 0.25) is 0 Å². The quantitative estimate of drug-likeness (QED) is 0.191. The molecule has 1 saturated heterocycles. The molecule has 6 nitrogen and oxygen atoms in total. The Morgan fingerprint density at radius 1 is 0.957 bits per heavy atom. The molecular formula is C40H47N5O. The average Bonchev–Trinajstić information content (AvgIpc) is 3.72. The summed E-state index contributed by atoms with van der Waals surface area (Å²) in [5.74, 6) is 0.837. The first-order valence-electron chi connectivity index (χ1n) is 17.1. The number of hydrogen-bond donors (Lipinski definition) is 1. The predicted molar refractivity (Wildman–Crippen MR) is 184 cm³/mol. The van der Waals surface area contributed by atoms with E-state index >= 15 is 0 Å². The zero-order valence-electron chi connectivity index (χ0n) is 27.4. The van der Waals surface area contributed by atoms with Gasteiger partial charge in [-0.25, -0.2) is 0 Å². The van der Waals surface area contributed by atoms with Gasteiger partial charge in [0.1, 0.15) is 0 Å². The normalized spacial score (nSPS) is 20.7. The van der Waals surface area contributed by atoms with Crippen LogP contribution in [0.15, 0.2) is 85.2 Å². The lowest BCUT2D eigenvalue weighted by atomic mass is 9.71. The van der Waals surface area contributed by atoms with Crippen LogP contribution in [-0.2, 0) is 31.2 Å². The summed E-state index contributed by atoms with van der Waals surface area (Å²) in [6.07, 6.45) is 13.9. The Bertz CT molecular complexity index is 1630. The van der Waals surface area contributed by atoms with Crippen molar-refractivity contribution in [2.45, 2.75) is 76.3 Å². The highest BCUT2D eigenvalue weighted by atomic mass is 16.1. The number of carbonyl (C=O) groups is 1. The second kappa shape index (κ2) is 14.9. The van der Waals surface area contributed by atoms with E-state index in [1.165, 1.54) is 30.5 Å². The second-order valence-electron chi connectivity index (χ2n) is 13.6. The maximum atomic E-state index is 13.9. The van der Waals surface area contributed by atoms with E-state index in [0.29, 0.717) is 24.4 Å². The van der Waals surface area contributed by atoms with Crippen molar-refractivity contribution >= 4 is 5.91 Å². The zero-order valence-corrected chi connectivity index (χ0v) is 27.4. The van der Waals surface area contributed by atoms with Crippen molar-refractivity contribution in [3.05, 3.63) is 113 Å². The molecule has 1 N–H and O–H groups in total. The smallest absolute Gasteiger partial charge is 0.228 e. The summed E-state index contributed by atoms with van der Waals surface area (Å²) in [4.78, 5) is 16.3. The fourth-order valence-electron chi connectivity index (χ4n) is 7.80. The van der Waals surface area contributed by atoms with E-state index < -0.39 is 0 Å². The SMILES string of the molecule is CN1CCCC1CCc1cc(CC2CCC(C(C(=O)NCc3ccccc3)c3ccc(-c4cnn(C)c4)cc3)CC2)ccc1C#N. The summed E-state index contributed by atoms with van der Waals surface area (Å²) in [6, 6.07) is 28.3. The third-order valence-corrected chi connectivity index (χ3v) is 10.5. The Labute approximate surface area is 274 Å². The van der Waals surface area contributed by atoms with Crippen molar-refractivity contribution in [2.75, 3.05) is 13.6 Å². The molecule has 1 aromatic heterocycles. The fraction of sp³-hybridized carbons (Fsp3) is 0.425. The van der Waals surface area contributed by atoms with Gasteiger partial charge in [-0.2, -0.15) is 10.4 Å². The lowest BCUT2D eigenvalue weighted by Crippen LogP contribution is -2.35. The molecule has 2 aliphatic rings. The van der Waals surface area contributed by atoms with Crippen LogP contribution in [0.25, 0.3) is 11.1 Å². The van der Waals surface area contributed by atoms with Gasteiger partial charge in [0.15, 0.2) is 0 Å². The van der Waals surface area contributed by atoms with E-state index in [4.69, 9.17) is 0 Å². The third-order valence-electron chi connectivity index (χ3n) is 10.5. The molecule has 6 heteroatoms. The van der Waals surface area contributed by atoms with Crippen molar-refractivity contribution in [1.29, 1.82) is 5.26 Å². The van der Waals surface area contributed by atoms with Gasteiger partial charge in [-0.15, -0.1) is 0 Å². The first-order chi connectivity index (χ1) is 22.5. The number of likely N-dealkylation sites (tertiary alicyclic amines) is 1. The molecule has 3 aromatic carbocycles. The molecule has 4 aromatic rings. The number of aromatic nitrogens is 2. The van der Waals surface area contributed by atoms with Crippen LogP contribution < -0.4 is 5.32 Å². The number of hydrogen-bond acceptors (Lipinski definition) is 4. The number of nitriles is 1. The van der Waals surface area contributed by atoms with Crippen LogP contribution in [0.1, 0.15) is 78.7 Å². The highest BCUT2D eigenvalue weighted by Crippen LogP contribution is 2.40. The topological polar surface area (TPSA) is 74.0 Å². The lowest BCUT2D eigenvalue weighted by Gasteiger charge is -2.34. The monoisotopic (exact) mass is 613 g/mol. The van der Waals surface area contributed by atoms with Gasteiger partial charge in [0.25, 0.3) is 0 Å². The number of aryl methyl sites for hydroxylation is 2. The molecule has 1 amide bonds. The first-order valence-corrected chi connectivity index (χ1v) is 17.1. The van der Waals surface area contributed by atoms with Gasteiger partial charge in [0, 0.05) is 31.4 Å². The highest BCUT2D eigenvalue weighted by molar-refractivity contribution is 5.84. The largest absolute Gasteiger partial charge is 0.351 e. The molecule has 2 heterocycles. The average molecular weight is 614 g/mol. The minimum absolute atomic E-state index is 0.117. The standard InChI is InChI=1S/C40H47N5O/c1-44-22-6-9-38(44)21-20-35-24-31(12-15-36(35)25-41)23-29-10-13-33(14-11-29)39(40(46)42-26-30-7-4-3-5-8-30)34-18-16-32(17-19-34)37-27-43-45(2)28-37/h3-5,7-8,12,15-19,24,27-29,33,38-39H,6,9-11,13-14,20-23,26H2,1-2H3,(H,42,46). The van der Waals surface area contributed by atoms with Crippen LogP contribution in [0.5, 0.6) is 0 Å². The summed E-state index contributed by atoms with van der Waals surface area (Å²) in [5.41, 5.74) is 7.78. The van der Waals surface area contributed by atoms with Gasteiger partial charge in [-0.1, -0.05) is 66.7 Å². The number of nitrogens with zero attached hydrogens (tertiary/aromatic N) is 4. The van der Waals surface area contributed by atoms with Crippen molar-refractivity contribution < 1.29 is 4.79 Å². The van der Waals surface area contributed by atoms with Crippen LogP contribution in [0.3, 0.4) is 0 Å². The van der Waals surface area contributed by atoms with Crippen molar-refractivity contribution in [2.24, 2.45) is 18.9 Å². The molecule has 2 atom stereocenters. The molecular weight excluding hydrogens is 566 g/mol. The number of nitrogens with one attached hydrogen (secondary N) is 1. The number of benzene rings is 3. The number of carbonyl (C=O) groups excluding carboxylic acids is 1. The van der Waals surface area contributed by atoms with E-state index in [2.05, 4.69) is 77.0 Å². The van der Waals surface area contributed by atoms with E-state index in [0.717, 1.165) is 72.8 Å².